The number of carbonyl (C=O) groups is 1. The van der Waals surface area contributed by atoms with E-state index in [9.17, 15) is 4.79 Å². The number of rotatable bonds is 2. The number of nitriles is 1. The van der Waals surface area contributed by atoms with Crippen LogP contribution in [0.1, 0.15) is 5.56 Å². The quantitative estimate of drug-likeness (QED) is 0.783. The van der Waals surface area contributed by atoms with Crippen molar-refractivity contribution in [3.8, 4) is 6.07 Å². The monoisotopic (exact) mass is 236 g/mol. The third kappa shape index (κ3) is 1.51. The van der Waals surface area contributed by atoms with Crippen LogP contribution >= 0.6 is 11.3 Å². The number of aryl methyl sites for hydroxylation is 1. The van der Waals surface area contributed by atoms with E-state index in [0.29, 0.717) is 0 Å². The molecule has 0 bridgehead atoms. The molecular formula is C11H12N2O2S. The highest BCUT2D eigenvalue weighted by Gasteiger charge is 2.48. The van der Waals surface area contributed by atoms with Crippen molar-refractivity contribution >= 4 is 22.2 Å². The maximum Gasteiger partial charge on any atom is 0.252 e. The number of hydrogen-bond donors (Lipinski definition) is 0. The highest BCUT2D eigenvalue weighted by Crippen LogP contribution is 2.33. The van der Waals surface area contributed by atoms with Crippen molar-refractivity contribution in [2.75, 3.05) is 25.2 Å². The number of amides is 1. The first-order chi connectivity index (χ1) is 7.60. The van der Waals surface area contributed by atoms with Crippen LogP contribution in [0.3, 0.4) is 0 Å². The van der Waals surface area contributed by atoms with Gasteiger partial charge in [-0.1, -0.05) is 0 Å². The van der Waals surface area contributed by atoms with E-state index >= 15 is 0 Å². The molecule has 4 nitrogen and oxygen atoms in total. The van der Waals surface area contributed by atoms with Gasteiger partial charge in [0.1, 0.15) is 5.00 Å². The Morgan fingerprint density at radius 2 is 2.38 bits per heavy atom. The molecule has 0 aromatic carbocycles. The Morgan fingerprint density at radius 3 is 2.75 bits per heavy atom. The van der Waals surface area contributed by atoms with Gasteiger partial charge in [0.15, 0.2) is 5.41 Å². The van der Waals surface area contributed by atoms with Crippen LogP contribution in [0.25, 0.3) is 0 Å². The third-order valence-corrected chi connectivity index (χ3v) is 3.86. The Bertz CT molecular complexity index is 457. The van der Waals surface area contributed by atoms with Crippen LogP contribution in [0, 0.1) is 23.7 Å². The first-order valence-electron chi connectivity index (χ1n) is 4.92. The predicted molar refractivity (Wildman–Crippen MR) is 61.3 cm³/mol. The summed E-state index contributed by atoms with van der Waals surface area (Å²) in [6, 6.07) is 4.02. The van der Waals surface area contributed by atoms with E-state index in [1.165, 1.54) is 11.3 Å². The van der Waals surface area contributed by atoms with Crippen molar-refractivity contribution in [1.29, 1.82) is 5.26 Å². The molecule has 2 rings (SSSR count). The molecule has 0 radical (unpaired) electrons. The number of ether oxygens (including phenoxy) is 1. The minimum Gasteiger partial charge on any atom is -0.377 e. The van der Waals surface area contributed by atoms with Crippen LogP contribution in [-0.2, 0) is 9.53 Å². The average Bonchev–Trinajstić information content (AvgIpc) is 2.62. The molecule has 1 fully saturated rings. The topological polar surface area (TPSA) is 53.3 Å². The van der Waals surface area contributed by atoms with Gasteiger partial charge in [-0.05, 0) is 23.9 Å². The van der Waals surface area contributed by atoms with Gasteiger partial charge in [-0.25, -0.2) is 0 Å². The largest absolute Gasteiger partial charge is 0.377 e. The van der Waals surface area contributed by atoms with E-state index in [2.05, 4.69) is 6.07 Å². The molecule has 1 saturated heterocycles. The smallest absolute Gasteiger partial charge is 0.252 e. The number of nitrogens with zero attached hydrogens (tertiary/aromatic N) is 2. The summed E-state index contributed by atoms with van der Waals surface area (Å²) in [4.78, 5) is 13.7. The van der Waals surface area contributed by atoms with Crippen molar-refractivity contribution < 1.29 is 9.53 Å². The zero-order valence-corrected chi connectivity index (χ0v) is 10.0. The summed E-state index contributed by atoms with van der Waals surface area (Å²) in [6.45, 7) is 2.36. The number of hydrogen-bond acceptors (Lipinski definition) is 4. The molecule has 84 valence electrons. The second-order valence-corrected chi connectivity index (χ2v) is 4.85. The van der Waals surface area contributed by atoms with Gasteiger partial charge in [0.25, 0.3) is 5.91 Å². The second-order valence-electron chi connectivity index (χ2n) is 3.96. The first-order valence-corrected chi connectivity index (χ1v) is 5.80. The summed E-state index contributed by atoms with van der Waals surface area (Å²) in [5, 5.41) is 11.9. The zero-order chi connectivity index (χ0) is 11.8. The van der Waals surface area contributed by atoms with Gasteiger partial charge in [-0.15, -0.1) is 11.3 Å². The first kappa shape index (κ1) is 11.1. The van der Waals surface area contributed by atoms with E-state index < -0.39 is 5.41 Å². The fraction of sp³-hybridized carbons (Fsp3) is 0.455. The van der Waals surface area contributed by atoms with Crippen LogP contribution in [0.5, 0.6) is 0 Å². The maximum atomic E-state index is 12.2. The van der Waals surface area contributed by atoms with Crippen LogP contribution in [-0.4, -0.2) is 26.2 Å². The average molecular weight is 236 g/mol. The van der Waals surface area contributed by atoms with Crippen molar-refractivity contribution in [1.82, 2.24) is 0 Å². The van der Waals surface area contributed by atoms with Crippen LogP contribution < -0.4 is 4.90 Å². The summed E-state index contributed by atoms with van der Waals surface area (Å²) >= 11 is 1.50. The fourth-order valence-corrected chi connectivity index (χ4v) is 2.56. The Kier molecular flexibility index (Phi) is 2.70. The molecule has 1 aromatic heterocycles. The molecule has 5 heteroatoms. The highest BCUT2D eigenvalue weighted by atomic mass is 32.1. The van der Waals surface area contributed by atoms with Crippen molar-refractivity contribution in [2.45, 2.75) is 6.92 Å². The normalized spacial score (nSPS) is 17.3. The van der Waals surface area contributed by atoms with E-state index in [0.717, 1.165) is 10.6 Å². The van der Waals surface area contributed by atoms with Gasteiger partial charge in [0.05, 0.1) is 19.3 Å². The summed E-state index contributed by atoms with van der Waals surface area (Å²) in [5.74, 6) is -0.174. The Balaban J connectivity index is 2.24. The molecular weight excluding hydrogens is 224 g/mol. The molecule has 2 heterocycles. The lowest BCUT2D eigenvalue weighted by Gasteiger charge is -2.36. The SMILES string of the molecule is Cc1ccsc1N(C)C(=O)C1(C#N)COC1. The van der Waals surface area contributed by atoms with Crippen molar-refractivity contribution in [2.24, 2.45) is 5.41 Å². The fourth-order valence-electron chi connectivity index (χ4n) is 1.66. The van der Waals surface area contributed by atoms with E-state index in [1.54, 1.807) is 11.9 Å². The van der Waals surface area contributed by atoms with Gasteiger partial charge in [0.2, 0.25) is 0 Å². The standard InChI is InChI=1S/C11H12N2O2S/c1-8-3-4-16-9(8)13(2)10(14)11(5-12)6-15-7-11/h3-4H,6-7H2,1-2H3. The molecule has 0 spiro atoms. The summed E-state index contributed by atoms with van der Waals surface area (Å²) < 4.78 is 4.98. The molecule has 1 aliphatic heterocycles. The molecule has 1 aromatic rings. The van der Waals surface area contributed by atoms with E-state index in [4.69, 9.17) is 10.00 Å². The van der Waals surface area contributed by atoms with Gasteiger partial charge in [-0.3, -0.25) is 4.79 Å². The summed E-state index contributed by atoms with van der Waals surface area (Å²) in [5.41, 5.74) is 0.0831. The van der Waals surface area contributed by atoms with Gasteiger partial charge in [-0.2, -0.15) is 5.26 Å². The number of carbonyl (C=O) groups excluding carboxylic acids is 1. The van der Waals surface area contributed by atoms with Crippen molar-refractivity contribution in [3.63, 3.8) is 0 Å². The molecule has 0 saturated carbocycles. The number of anilines is 1. The Morgan fingerprint density at radius 1 is 1.69 bits per heavy atom. The minimum absolute atomic E-state index is 0.174. The Labute approximate surface area is 98.0 Å². The molecule has 1 aliphatic rings. The minimum atomic E-state index is -0.967. The van der Waals surface area contributed by atoms with Crippen LogP contribution in [0.15, 0.2) is 11.4 Å². The Hall–Kier alpha value is -1.38. The molecule has 16 heavy (non-hydrogen) atoms. The van der Waals surface area contributed by atoms with Crippen LogP contribution in [0.4, 0.5) is 5.00 Å². The predicted octanol–water partition coefficient (Wildman–Crippen LogP) is 1.56. The second kappa shape index (κ2) is 3.89. The third-order valence-electron chi connectivity index (χ3n) is 2.76. The van der Waals surface area contributed by atoms with E-state index in [1.807, 2.05) is 18.4 Å². The maximum absolute atomic E-state index is 12.2. The van der Waals surface area contributed by atoms with Gasteiger partial charge >= 0.3 is 0 Å². The lowest BCUT2D eigenvalue weighted by Crippen LogP contribution is -2.53. The van der Waals surface area contributed by atoms with E-state index in [-0.39, 0.29) is 19.1 Å². The lowest BCUT2D eigenvalue weighted by molar-refractivity contribution is -0.146. The zero-order valence-electron chi connectivity index (χ0n) is 9.19. The number of thiophene rings is 1. The lowest BCUT2D eigenvalue weighted by atomic mass is 9.86. The molecule has 0 N–H and O–H groups in total. The molecule has 0 atom stereocenters. The molecule has 1 amide bonds. The summed E-state index contributed by atoms with van der Waals surface area (Å²) in [7, 11) is 1.71. The van der Waals surface area contributed by atoms with Crippen LogP contribution in [0.2, 0.25) is 0 Å². The van der Waals surface area contributed by atoms with Gasteiger partial charge in [0, 0.05) is 7.05 Å². The summed E-state index contributed by atoms with van der Waals surface area (Å²) in [6.07, 6.45) is 0. The highest BCUT2D eigenvalue weighted by molar-refractivity contribution is 7.14. The molecule has 0 aliphatic carbocycles. The van der Waals surface area contributed by atoms with Gasteiger partial charge < -0.3 is 9.64 Å². The molecule has 0 unspecified atom stereocenters. The van der Waals surface area contributed by atoms with Crippen molar-refractivity contribution in [3.05, 3.63) is 17.0 Å².